The highest BCUT2D eigenvalue weighted by atomic mass is 19.3. The summed E-state index contributed by atoms with van der Waals surface area (Å²) in [6.07, 6.45) is -0.649. The van der Waals surface area contributed by atoms with Crippen molar-refractivity contribution in [1.29, 1.82) is 0 Å². The number of rotatable bonds is 6. The predicted molar refractivity (Wildman–Crippen MR) is 56.5 cm³/mol. The molecular weight excluding hydrogens is 268 g/mol. The van der Waals surface area contributed by atoms with E-state index in [1.165, 1.54) is 0 Å². The van der Waals surface area contributed by atoms with Crippen LogP contribution < -0.4 is 4.74 Å². The van der Waals surface area contributed by atoms with E-state index < -0.39 is 40.9 Å². The molecule has 0 saturated heterocycles. The molecule has 0 saturated carbocycles. The van der Waals surface area contributed by atoms with Gasteiger partial charge in [0.05, 0.1) is 16.9 Å². The first-order valence-corrected chi connectivity index (χ1v) is 4.78. The second-order valence-electron chi connectivity index (χ2n) is 3.34. The van der Waals surface area contributed by atoms with E-state index in [1.54, 1.807) is 0 Å². The lowest BCUT2D eigenvalue weighted by molar-refractivity contribution is -0.385. The normalized spacial score (nSPS) is 10.3. The van der Waals surface area contributed by atoms with Gasteiger partial charge in [0.25, 0.3) is 5.69 Å². The van der Waals surface area contributed by atoms with Crippen molar-refractivity contribution in [2.24, 2.45) is 0 Å². The maximum Gasteiger partial charge on any atom is 0.387 e. The van der Waals surface area contributed by atoms with Crippen LogP contribution in [0, 0.1) is 10.1 Å². The van der Waals surface area contributed by atoms with Gasteiger partial charge in [0.15, 0.2) is 6.29 Å². The molecule has 0 unspecified atom stereocenters. The Morgan fingerprint density at radius 1 is 1.53 bits per heavy atom. The third kappa shape index (κ3) is 3.69. The van der Waals surface area contributed by atoms with Gasteiger partial charge in [0.1, 0.15) is 5.75 Å². The van der Waals surface area contributed by atoms with E-state index in [2.05, 4.69) is 4.74 Å². The van der Waals surface area contributed by atoms with Crippen molar-refractivity contribution in [3.05, 3.63) is 33.4 Å². The number of nitrogens with zero attached hydrogens (tertiary/aromatic N) is 1. The van der Waals surface area contributed by atoms with Gasteiger partial charge in [-0.3, -0.25) is 19.7 Å². The second kappa shape index (κ2) is 5.85. The Kier molecular flexibility index (Phi) is 4.46. The first-order valence-electron chi connectivity index (χ1n) is 4.78. The minimum atomic E-state index is -3.24. The molecule has 0 radical (unpaired) electrons. The average molecular weight is 275 g/mol. The number of carboxylic acid groups (broad SMARTS) is 1. The second-order valence-corrected chi connectivity index (χ2v) is 3.34. The summed E-state index contributed by atoms with van der Waals surface area (Å²) in [6, 6.07) is 1.45. The molecule has 0 aromatic heterocycles. The predicted octanol–water partition coefficient (Wildman–Crippen LogP) is 1.64. The Bertz CT molecular complexity index is 531. The van der Waals surface area contributed by atoms with E-state index in [9.17, 15) is 28.5 Å². The summed E-state index contributed by atoms with van der Waals surface area (Å²) in [5, 5.41) is 19.3. The number of aldehydes is 1. The fourth-order valence-corrected chi connectivity index (χ4v) is 1.39. The largest absolute Gasteiger partial charge is 0.481 e. The van der Waals surface area contributed by atoms with Crippen LogP contribution in [0.4, 0.5) is 14.5 Å². The number of hydrogen-bond acceptors (Lipinski definition) is 5. The molecule has 0 amide bonds. The van der Waals surface area contributed by atoms with Gasteiger partial charge in [0, 0.05) is 11.6 Å². The van der Waals surface area contributed by atoms with E-state index in [0.29, 0.717) is 6.07 Å². The Morgan fingerprint density at radius 2 is 2.16 bits per heavy atom. The van der Waals surface area contributed by atoms with Crippen molar-refractivity contribution in [2.45, 2.75) is 13.0 Å². The monoisotopic (exact) mass is 275 g/mol. The number of nitro benzene ring substituents is 1. The lowest BCUT2D eigenvalue weighted by atomic mass is 10.1. The summed E-state index contributed by atoms with van der Waals surface area (Å²) in [5.74, 6) is -1.99. The summed E-state index contributed by atoms with van der Waals surface area (Å²) >= 11 is 0. The fourth-order valence-electron chi connectivity index (χ4n) is 1.39. The van der Waals surface area contributed by atoms with Gasteiger partial charge in [-0.2, -0.15) is 8.78 Å². The van der Waals surface area contributed by atoms with Gasteiger partial charge in [-0.05, 0) is 6.07 Å². The minimum absolute atomic E-state index is 0.106. The van der Waals surface area contributed by atoms with Crippen molar-refractivity contribution in [1.82, 2.24) is 0 Å². The van der Waals surface area contributed by atoms with E-state index in [-0.39, 0.29) is 11.8 Å². The van der Waals surface area contributed by atoms with Gasteiger partial charge >= 0.3 is 12.6 Å². The SMILES string of the molecule is O=Cc1cc([N+](=O)[O-])c(CC(=O)O)cc1OC(F)F. The lowest BCUT2D eigenvalue weighted by Crippen LogP contribution is -2.08. The average Bonchev–Trinajstić information content (AvgIpc) is 2.27. The Hall–Kier alpha value is -2.58. The molecular formula is C10H7F2NO6. The quantitative estimate of drug-likeness (QED) is 0.480. The van der Waals surface area contributed by atoms with Gasteiger partial charge in [-0.25, -0.2) is 0 Å². The van der Waals surface area contributed by atoms with E-state index in [1.807, 2.05) is 0 Å². The molecule has 0 aliphatic carbocycles. The van der Waals surface area contributed by atoms with Crippen LogP contribution in [0.5, 0.6) is 5.75 Å². The standard InChI is InChI=1S/C10H7F2NO6/c11-10(12)19-8-2-5(3-9(15)16)7(13(17)18)1-6(8)4-14/h1-2,4,10H,3H2,(H,15,16). The smallest absolute Gasteiger partial charge is 0.387 e. The highest BCUT2D eigenvalue weighted by molar-refractivity contribution is 5.82. The fraction of sp³-hybridized carbons (Fsp3) is 0.200. The van der Waals surface area contributed by atoms with Crippen LogP contribution in [0.2, 0.25) is 0 Å². The maximum absolute atomic E-state index is 12.1. The van der Waals surface area contributed by atoms with Crippen LogP contribution in [0.1, 0.15) is 15.9 Å². The zero-order valence-corrected chi connectivity index (χ0v) is 9.21. The van der Waals surface area contributed by atoms with Gasteiger partial charge in [-0.1, -0.05) is 0 Å². The zero-order valence-electron chi connectivity index (χ0n) is 9.21. The van der Waals surface area contributed by atoms with Crippen LogP contribution in [0.25, 0.3) is 0 Å². The van der Waals surface area contributed by atoms with Crippen molar-refractivity contribution < 1.29 is 33.1 Å². The minimum Gasteiger partial charge on any atom is -0.481 e. The topological polar surface area (TPSA) is 107 Å². The third-order valence-electron chi connectivity index (χ3n) is 2.09. The molecule has 0 aliphatic rings. The van der Waals surface area contributed by atoms with Crippen LogP contribution >= 0.6 is 0 Å². The number of carbonyl (C=O) groups excluding carboxylic acids is 1. The Morgan fingerprint density at radius 3 is 2.58 bits per heavy atom. The first kappa shape index (κ1) is 14.5. The third-order valence-corrected chi connectivity index (χ3v) is 2.09. The number of halogens is 2. The highest BCUT2D eigenvalue weighted by Gasteiger charge is 2.22. The molecule has 1 aromatic rings. The molecule has 19 heavy (non-hydrogen) atoms. The number of benzene rings is 1. The molecule has 1 rings (SSSR count). The molecule has 0 spiro atoms. The highest BCUT2D eigenvalue weighted by Crippen LogP contribution is 2.29. The number of nitro groups is 1. The molecule has 0 fully saturated rings. The van der Waals surface area contributed by atoms with Gasteiger partial charge in [0.2, 0.25) is 0 Å². The van der Waals surface area contributed by atoms with E-state index in [0.717, 1.165) is 6.07 Å². The van der Waals surface area contributed by atoms with Crippen molar-refractivity contribution in [3.63, 3.8) is 0 Å². The van der Waals surface area contributed by atoms with Crippen molar-refractivity contribution in [2.75, 3.05) is 0 Å². The van der Waals surface area contributed by atoms with Crippen molar-refractivity contribution in [3.8, 4) is 5.75 Å². The number of alkyl halides is 2. The number of carbonyl (C=O) groups is 2. The Labute approximate surface area is 104 Å². The summed E-state index contributed by atoms with van der Waals surface area (Å²) in [4.78, 5) is 31.0. The molecule has 9 heteroatoms. The summed E-state index contributed by atoms with van der Waals surface area (Å²) in [7, 11) is 0. The number of hydrogen-bond donors (Lipinski definition) is 1. The van der Waals surface area contributed by atoms with Crippen molar-refractivity contribution >= 4 is 17.9 Å². The number of ether oxygens (including phenoxy) is 1. The van der Waals surface area contributed by atoms with Gasteiger partial charge in [-0.15, -0.1) is 0 Å². The Balaban J connectivity index is 3.37. The number of carboxylic acids is 1. The maximum atomic E-state index is 12.1. The summed E-state index contributed by atoms with van der Waals surface area (Å²) < 4.78 is 28.2. The summed E-state index contributed by atoms with van der Waals surface area (Å²) in [6.45, 7) is -3.24. The van der Waals surface area contributed by atoms with Crippen LogP contribution in [0.15, 0.2) is 12.1 Å². The van der Waals surface area contributed by atoms with Crippen LogP contribution in [-0.2, 0) is 11.2 Å². The molecule has 1 N–H and O–H groups in total. The molecule has 1 aromatic carbocycles. The molecule has 0 aliphatic heterocycles. The van der Waals surface area contributed by atoms with Crippen LogP contribution in [-0.4, -0.2) is 28.9 Å². The summed E-state index contributed by atoms with van der Waals surface area (Å²) in [5.41, 5.74) is -1.44. The molecule has 0 heterocycles. The molecule has 0 bridgehead atoms. The van der Waals surface area contributed by atoms with E-state index >= 15 is 0 Å². The lowest BCUT2D eigenvalue weighted by Gasteiger charge is -2.09. The molecule has 0 atom stereocenters. The van der Waals surface area contributed by atoms with Gasteiger partial charge < -0.3 is 9.84 Å². The molecule has 7 nitrogen and oxygen atoms in total. The zero-order chi connectivity index (χ0) is 14.6. The van der Waals surface area contributed by atoms with E-state index in [4.69, 9.17) is 5.11 Å². The first-order chi connectivity index (χ1) is 8.85. The molecule has 102 valence electrons. The van der Waals surface area contributed by atoms with Crippen LogP contribution in [0.3, 0.4) is 0 Å². The number of aliphatic carboxylic acids is 1.